The molecule has 2 aliphatic carbocycles. The van der Waals surface area contributed by atoms with Gasteiger partial charge in [0.25, 0.3) is 0 Å². The number of hydrogen-bond acceptors (Lipinski definition) is 0. The molecule has 0 atom stereocenters. The van der Waals surface area contributed by atoms with Gasteiger partial charge in [0.15, 0.2) is 0 Å². The Morgan fingerprint density at radius 1 is 0.474 bits per heavy atom. The average Bonchev–Trinajstić information content (AvgIpc) is 3.44. The van der Waals surface area contributed by atoms with Crippen LogP contribution in [0, 0.1) is 0 Å². The molecule has 4 aromatic rings. The van der Waals surface area contributed by atoms with Crippen molar-refractivity contribution in [2.45, 2.75) is 78.0 Å². The van der Waals surface area contributed by atoms with Gasteiger partial charge in [0, 0.05) is 0 Å². The van der Waals surface area contributed by atoms with Crippen LogP contribution >= 0.6 is 0 Å². The van der Waals surface area contributed by atoms with Gasteiger partial charge in [-0.2, -0.15) is 0 Å². The normalized spacial score (nSPS) is 14.3. The fourth-order valence-electron chi connectivity index (χ4n) is 7.78. The summed E-state index contributed by atoms with van der Waals surface area (Å²) < 4.78 is 6.33. The van der Waals surface area contributed by atoms with Crippen molar-refractivity contribution >= 4 is 22.0 Å². The molecule has 0 N–H and O–H groups in total. The van der Waals surface area contributed by atoms with Crippen LogP contribution in [0.15, 0.2) is 91.0 Å². The van der Waals surface area contributed by atoms with E-state index in [-0.39, 0.29) is 5.41 Å². The van der Waals surface area contributed by atoms with E-state index >= 15 is 0 Å². The predicted molar refractivity (Wildman–Crippen MR) is 167 cm³/mol. The van der Waals surface area contributed by atoms with Gasteiger partial charge in [-0.05, 0) is 0 Å². The van der Waals surface area contributed by atoms with Gasteiger partial charge in [0.05, 0.1) is 0 Å². The Kier molecular flexibility index (Phi) is 7.29. The Balaban J connectivity index is 1.64. The Hall–Kier alpha value is -2.32. The van der Waals surface area contributed by atoms with Gasteiger partial charge in [0.1, 0.15) is 0 Å². The first-order chi connectivity index (χ1) is 18.7. The van der Waals surface area contributed by atoms with Crippen molar-refractivity contribution in [3.05, 3.63) is 113 Å². The Labute approximate surface area is 234 Å². The van der Waals surface area contributed by atoms with Crippen LogP contribution in [0.25, 0.3) is 22.3 Å². The molecule has 0 nitrogen and oxygen atoms in total. The van der Waals surface area contributed by atoms with Gasteiger partial charge in [-0.25, -0.2) is 0 Å². The summed E-state index contributed by atoms with van der Waals surface area (Å²) in [6.07, 6.45) is 8.15. The molecular formula is C37H42Sn. The van der Waals surface area contributed by atoms with Crippen molar-refractivity contribution < 1.29 is 0 Å². The summed E-state index contributed by atoms with van der Waals surface area (Å²) in [6.45, 7) is 7.16. The third-order valence-electron chi connectivity index (χ3n) is 9.64. The Morgan fingerprint density at radius 3 is 1.29 bits per heavy atom. The minimum atomic E-state index is -2.60. The summed E-state index contributed by atoms with van der Waals surface area (Å²) >= 11 is -2.60. The fourth-order valence-corrected chi connectivity index (χ4v) is 23.7. The van der Waals surface area contributed by atoms with Crippen LogP contribution < -0.4 is 3.58 Å². The van der Waals surface area contributed by atoms with Gasteiger partial charge in [0.2, 0.25) is 0 Å². The van der Waals surface area contributed by atoms with Crippen LogP contribution in [-0.4, -0.2) is 18.4 Å². The zero-order valence-electron chi connectivity index (χ0n) is 23.5. The van der Waals surface area contributed by atoms with Crippen molar-refractivity contribution in [2.75, 3.05) is 0 Å². The third-order valence-corrected chi connectivity index (χ3v) is 25.2. The molecule has 2 aliphatic rings. The van der Waals surface area contributed by atoms with Crippen molar-refractivity contribution in [2.24, 2.45) is 0 Å². The van der Waals surface area contributed by atoms with Crippen LogP contribution in [0.2, 0.25) is 13.3 Å². The van der Waals surface area contributed by atoms with Gasteiger partial charge in [-0.3, -0.25) is 0 Å². The van der Waals surface area contributed by atoms with E-state index in [4.69, 9.17) is 0 Å². The molecule has 0 aliphatic heterocycles. The molecular weight excluding hydrogens is 563 g/mol. The van der Waals surface area contributed by atoms with E-state index in [2.05, 4.69) is 112 Å². The van der Waals surface area contributed by atoms with Crippen molar-refractivity contribution in [3.63, 3.8) is 0 Å². The van der Waals surface area contributed by atoms with Crippen LogP contribution in [-0.2, 0) is 5.41 Å². The van der Waals surface area contributed by atoms with E-state index in [1.54, 1.807) is 9.14 Å². The van der Waals surface area contributed by atoms with E-state index in [0.717, 1.165) is 0 Å². The SMILES string of the molecule is CCC[CH2][Sn]([CH2]CCC)([CH2]CCC)[c]1ccc2c(c1)C1(c3ccccc3-c3ccccc31)c1ccccc1-2. The molecule has 38 heavy (non-hydrogen) atoms. The zero-order valence-corrected chi connectivity index (χ0v) is 26.4. The van der Waals surface area contributed by atoms with Gasteiger partial charge in [-0.1, -0.05) is 0 Å². The minimum absolute atomic E-state index is 0.201. The molecule has 0 unspecified atom stereocenters. The summed E-state index contributed by atoms with van der Waals surface area (Å²) in [6, 6.07) is 35.6. The summed E-state index contributed by atoms with van der Waals surface area (Å²) in [5.41, 5.74) is 11.5. The zero-order chi connectivity index (χ0) is 26.2. The molecule has 194 valence electrons. The number of rotatable bonds is 10. The first kappa shape index (κ1) is 25.9. The molecule has 1 spiro atoms. The fraction of sp³-hybridized carbons (Fsp3) is 0.351. The standard InChI is InChI=1S/C25H15.3C4H9.Sn/c1-5-13-21-17(9-1)18-10-2-6-14-22(18)25(21)23-15-7-3-11-19(23)20-12-4-8-16-24(20)25;3*1-3-4-2;/h1-7,9-16H;3*1,3-4H2,2H3;. The van der Waals surface area contributed by atoms with Crippen LogP contribution in [0.4, 0.5) is 0 Å². The average molecular weight is 605 g/mol. The molecule has 0 radical (unpaired) electrons. The van der Waals surface area contributed by atoms with E-state index in [1.165, 1.54) is 90.8 Å². The van der Waals surface area contributed by atoms with E-state index in [9.17, 15) is 0 Å². The van der Waals surface area contributed by atoms with Crippen LogP contribution in [0.3, 0.4) is 0 Å². The predicted octanol–water partition coefficient (Wildman–Crippen LogP) is 10.1. The summed E-state index contributed by atoms with van der Waals surface area (Å²) in [7, 11) is 0. The van der Waals surface area contributed by atoms with Crippen molar-refractivity contribution in [1.29, 1.82) is 0 Å². The second-order valence-corrected chi connectivity index (χ2v) is 25.0. The molecule has 0 aromatic heterocycles. The van der Waals surface area contributed by atoms with Crippen LogP contribution in [0.1, 0.15) is 81.5 Å². The van der Waals surface area contributed by atoms with E-state index in [1.807, 2.05) is 0 Å². The summed E-state index contributed by atoms with van der Waals surface area (Å²) in [5.74, 6) is 0. The molecule has 0 amide bonds. The van der Waals surface area contributed by atoms with Gasteiger partial charge in [-0.15, -0.1) is 0 Å². The second kappa shape index (κ2) is 10.7. The second-order valence-electron chi connectivity index (χ2n) is 11.7. The molecule has 0 heterocycles. The topological polar surface area (TPSA) is 0 Å². The molecule has 0 saturated carbocycles. The Bertz CT molecular complexity index is 1360. The number of hydrogen-bond donors (Lipinski definition) is 0. The quantitative estimate of drug-likeness (QED) is 0.136. The number of fused-ring (bicyclic) bond motifs is 10. The van der Waals surface area contributed by atoms with E-state index in [0.29, 0.717) is 0 Å². The first-order valence-electron chi connectivity index (χ1n) is 15.2. The molecule has 0 bridgehead atoms. The maximum absolute atomic E-state index is 2.77. The van der Waals surface area contributed by atoms with Crippen molar-refractivity contribution in [1.82, 2.24) is 0 Å². The first-order valence-corrected chi connectivity index (χ1v) is 22.6. The molecule has 1 heteroatoms. The molecule has 6 rings (SSSR count). The van der Waals surface area contributed by atoms with Gasteiger partial charge >= 0.3 is 235 Å². The third kappa shape index (κ3) is 3.85. The maximum atomic E-state index is 2.77. The van der Waals surface area contributed by atoms with E-state index < -0.39 is 18.4 Å². The van der Waals surface area contributed by atoms with Crippen LogP contribution in [0.5, 0.6) is 0 Å². The summed E-state index contributed by atoms with van der Waals surface area (Å²) in [5, 5.41) is 0. The van der Waals surface area contributed by atoms with Gasteiger partial charge < -0.3 is 0 Å². The number of unbranched alkanes of at least 4 members (excludes halogenated alkanes) is 3. The monoisotopic (exact) mass is 606 g/mol. The molecule has 4 aromatic carbocycles. The summed E-state index contributed by atoms with van der Waals surface area (Å²) in [4.78, 5) is 0. The molecule has 0 saturated heterocycles. The number of benzene rings is 4. The van der Waals surface area contributed by atoms with Crippen molar-refractivity contribution in [3.8, 4) is 22.3 Å². The Morgan fingerprint density at radius 2 is 0.868 bits per heavy atom. The molecule has 0 fully saturated rings.